The Labute approximate surface area is 257 Å². The van der Waals surface area contributed by atoms with E-state index in [4.69, 9.17) is 23.2 Å². The van der Waals surface area contributed by atoms with Gasteiger partial charge in [0.1, 0.15) is 12.8 Å². The number of likely N-dealkylation sites (tertiary alicyclic amines) is 2. The Morgan fingerprint density at radius 2 is 1.81 bits per heavy atom. The van der Waals surface area contributed by atoms with Gasteiger partial charge in [0, 0.05) is 65.9 Å². The highest BCUT2D eigenvalue weighted by molar-refractivity contribution is 6.34. The van der Waals surface area contributed by atoms with Crippen LogP contribution in [0.25, 0.3) is 0 Å². The lowest BCUT2D eigenvalue weighted by molar-refractivity contribution is -0.942. The average molecular weight is 618 g/mol. The van der Waals surface area contributed by atoms with Crippen LogP contribution >= 0.6 is 23.2 Å². The Kier molecular flexibility index (Phi) is 9.16. The Balaban J connectivity index is 1.56. The topological polar surface area (TPSA) is 93.2 Å². The Bertz CT molecular complexity index is 1310. The van der Waals surface area contributed by atoms with Crippen LogP contribution in [-0.4, -0.2) is 101 Å². The number of carboxylic acid groups (broad SMARTS) is 1. The second kappa shape index (κ2) is 12.5. The zero-order valence-electron chi connectivity index (χ0n) is 24.3. The number of urea groups is 1. The van der Waals surface area contributed by atoms with Crippen molar-refractivity contribution >= 4 is 47.3 Å². The monoisotopic (exact) mass is 616 g/mol. The van der Waals surface area contributed by atoms with Gasteiger partial charge in [-0.15, -0.1) is 0 Å². The van der Waals surface area contributed by atoms with Gasteiger partial charge in [0.15, 0.2) is 5.66 Å². The second-order valence-corrected chi connectivity index (χ2v) is 13.0. The fraction of sp³-hybridized carbons (Fsp3) is 0.516. The number of piperidine rings is 2. The molecular formula is C31H40Cl2N5O4+. The number of hydrogen-bond acceptors (Lipinski definition) is 5. The van der Waals surface area contributed by atoms with Gasteiger partial charge in [0.05, 0.1) is 13.0 Å². The van der Waals surface area contributed by atoms with Crippen LogP contribution in [0.2, 0.25) is 10.0 Å². The molecule has 2 N–H and O–H groups in total. The number of nitrogens with one attached hydrogen (secondary N) is 1. The number of rotatable bonds is 7. The molecule has 5 rings (SSSR count). The van der Waals surface area contributed by atoms with Crippen LogP contribution in [0.1, 0.15) is 43.2 Å². The molecular weight excluding hydrogens is 577 g/mol. The fourth-order valence-electron chi connectivity index (χ4n) is 7.54. The molecule has 0 spiro atoms. The van der Waals surface area contributed by atoms with E-state index < -0.39 is 11.8 Å². The molecule has 11 heteroatoms. The molecule has 3 aliphatic rings. The summed E-state index contributed by atoms with van der Waals surface area (Å²) in [6, 6.07) is 12.9. The lowest BCUT2D eigenvalue weighted by Gasteiger charge is -2.59. The van der Waals surface area contributed by atoms with Crippen LogP contribution in [0, 0.1) is 0 Å². The minimum Gasteiger partial charge on any atom is -0.435 e. The van der Waals surface area contributed by atoms with E-state index in [2.05, 4.69) is 29.2 Å². The second-order valence-electron chi connectivity index (χ2n) is 12.1. The first-order valence-corrected chi connectivity index (χ1v) is 15.4. The maximum Gasteiger partial charge on any atom is 0.515 e. The highest BCUT2D eigenvalue weighted by atomic mass is 35.5. The van der Waals surface area contributed by atoms with Crippen LogP contribution < -0.4 is 5.32 Å². The smallest absolute Gasteiger partial charge is 0.435 e. The summed E-state index contributed by atoms with van der Waals surface area (Å²) < 4.78 is -0.346. The van der Waals surface area contributed by atoms with Gasteiger partial charge >= 0.3 is 12.1 Å². The van der Waals surface area contributed by atoms with Crippen molar-refractivity contribution in [3.63, 3.8) is 0 Å². The van der Waals surface area contributed by atoms with E-state index in [1.54, 1.807) is 18.2 Å². The Hall–Kier alpha value is -2.69. The quantitative estimate of drug-likeness (QED) is 0.313. The number of quaternary nitrogens is 1. The largest absolute Gasteiger partial charge is 0.515 e. The van der Waals surface area contributed by atoms with Crippen molar-refractivity contribution < 1.29 is 24.0 Å². The summed E-state index contributed by atoms with van der Waals surface area (Å²) in [5.74, 6) is 0. The molecule has 0 radical (unpaired) electrons. The van der Waals surface area contributed by atoms with Gasteiger partial charge in [-0.25, -0.2) is 9.28 Å². The van der Waals surface area contributed by atoms with Gasteiger partial charge in [0.2, 0.25) is 0 Å². The van der Waals surface area contributed by atoms with E-state index in [-0.39, 0.29) is 36.1 Å². The van der Waals surface area contributed by atoms with Gasteiger partial charge in [-0.3, -0.25) is 4.90 Å². The summed E-state index contributed by atoms with van der Waals surface area (Å²) in [7, 11) is 4.13. The third kappa shape index (κ3) is 5.77. The molecule has 226 valence electrons. The number of hydrogen-bond donors (Lipinski definition) is 2. The fourth-order valence-corrected chi connectivity index (χ4v) is 8.11. The molecule has 2 saturated heterocycles. The zero-order chi connectivity index (χ0) is 30.1. The molecule has 42 heavy (non-hydrogen) atoms. The van der Waals surface area contributed by atoms with E-state index in [9.17, 15) is 19.5 Å². The van der Waals surface area contributed by atoms with E-state index in [0.29, 0.717) is 60.5 Å². The number of nitrogens with zero attached hydrogens (tertiary/aromatic N) is 4. The summed E-state index contributed by atoms with van der Waals surface area (Å²) in [6.45, 7) is 2.21. The van der Waals surface area contributed by atoms with Gasteiger partial charge in [-0.05, 0) is 63.2 Å². The maximum atomic E-state index is 13.6. The minimum absolute atomic E-state index is 0.0341. The van der Waals surface area contributed by atoms with Crippen molar-refractivity contribution in [1.29, 1.82) is 0 Å². The molecule has 3 amide bonds. The van der Waals surface area contributed by atoms with E-state index in [0.717, 1.165) is 30.4 Å². The minimum atomic E-state index is -1.07. The van der Waals surface area contributed by atoms with Crippen LogP contribution in [0.15, 0.2) is 42.5 Å². The summed E-state index contributed by atoms with van der Waals surface area (Å²) in [6.07, 6.45) is 3.17. The molecule has 2 unspecified atom stereocenters. The third-order valence-electron chi connectivity index (χ3n) is 9.72. The number of carbonyl (C=O) groups is 3. The van der Waals surface area contributed by atoms with Crippen LogP contribution in [-0.2, 0) is 17.8 Å². The summed E-state index contributed by atoms with van der Waals surface area (Å²) in [5.41, 5.74) is 1.51. The van der Waals surface area contributed by atoms with Crippen molar-refractivity contribution in [1.82, 2.24) is 14.7 Å². The van der Waals surface area contributed by atoms with Gasteiger partial charge < -0.3 is 25.0 Å². The van der Waals surface area contributed by atoms with Gasteiger partial charge in [0.25, 0.3) is 0 Å². The number of para-hydroxylation sites is 1. The number of halogens is 2. The number of anilines is 1. The number of carbonyl (C=O) groups excluding carboxylic acids is 2. The molecule has 0 aliphatic carbocycles. The molecule has 2 aromatic rings. The van der Waals surface area contributed by atoms with E-state index in [1.807, 2.05) is 29.2 Å². The standard InChI is InChI=1S/C31H39Cl2N5O4/c1-35(2)26-8-12-36(13-9-26)31(11-16-39)20-27(37-14-7-23-5-3-4-6-28(23)34-29(37)40)10-15-38(31,30(41)42)21-22-17-24(32)19-25(33)18-22/h3-6,16-19,26-27H,7-15,20-21H2,1-2H3,(H-,34,40,41,42)/p+1/t27?,31?,38-/m0/s1. The number of aldehydes is 1. The summed E-state index contributed by atoms with van der Waals surface area (Å²) in [4.78, 5) is 46.0. The van der Waals surface area contributed by atoms with Crippen LogP contribution in [0.5, 0.6) is 0 Å². The van der Waals surface area contributed by atoms with Gasteiger partial charge in [-0.2, -0.15) is 4.79 Å². The van der Waals surface area contributed by atoms with Crippen molar-refractivity contribution in [2.24, 2.45) is 0 Å². The number of fused-ring (bicyclic) bond motifs is 1. The molecule has 0 bridgehead atoms. The normalized spacial score (nSPS) is 27.3. The van der Waals surface area contributed by atoms with Crippen molar-refractivity contribution in [3.8, 4) is 0 Å². The maximum absolute atomic E-state index is 13.6. The van der Waals surface area contributed by atoms with Crippen molar-refractivity contribution in [3.05, 3.63) is 63.6 Å². The predicted octanol–water partition coefficient (Wildman–Crippen LogP) is 5.55. The SMILES string of the molecule is CN(C)C1CCN(C2(CC=O)CC(N3CCc4ccccc4NC3=O)CC[N@+]2(Cc2cc(Cl)cc(Cl)c2)C(=O)O)CC1. The average Bonchev–Trinajstić information content (AvgIpc) is 3.11. The summed E-state index contributed by atoms with van der Waals surface area (Å²) in [5, 5.41) is 15.0. The number of benzene rings is 2. The Morgan fingerprint density at radius 3 is 2.45 bits per heavy atom. The first-order valence-electron chi connectivity index (χ1n) is 14.6. The molecule has 3 atom stereocenters. The van der Waals surface area contributed by atoms with Crippen molar-refractivity contribution in [2.75, 3.05) is 45.6 Å². The predicted molar refractivity (Wildman–Crippen MR) is 164 cm³/mol. The third-order valence-corrected chi connectivity index (χ3v) is 10.2. The molecule has 3 heterocycles. The highest BCUT2D eigenvalue weighted by Crippen LogP contribution is 2.46. The summed E-state index contributed by atoms with van der Waals surface area (Å²) >= 11 is 12.7. The van der Waals surface area contributed by atoms with Crippen molar-refractivity contribution in [2.45, 2.75) is 62.8 Å². The van der Waals surface area contributed by atoms with Gasteiger partial charge in [-0.1, -0.05) is 41.4 Å². The zero-order valence-corrected chi connectivity index (χ0v) is 25.8. The number of amides is 3. The first kappa shape index (κ1) is 30.8. The Morgan fingerprint density at radius 1 is 1.12 bits per heavy atom. The molecule has 2 aromatic carbocycles. The van der Waals surface area contributed by atoms with Crippen LogP contribution in [0.4, 0.5) is 15.3 Å². The lowest BCUT2D eigenvalue weighted by atomic mass is 9.81. The lowest BCUT2D eigenvalue weighted by Crippen LogP contribution is -2.78. The highest BCUT2D eigenvalue weighted by Gasteiger charge is 2.64. The first-order chi connectivity index (χ1) is 20.1. The molecule has 3 aliphatic heterocycles. The van der Waals surface area contributed by atoms with E-state index in [1.165, 1.54) is 0 Å². The molecule has 0 saturated carbocycles. The molecule has 0 aromatic heterocycles. The van der Waals surface area contributed by atoms with Crippen LogP contribution in [0.3, 0.4) is 0 Å². The molecule has 2 fully saturated rings. The molecule has 9 nitrogen and oxygen atoms in total. The van der Waals surface area contributed by atoms with E-state index >= 15 is 0 Å².